The highest BCUT2D eigenvalue weighted by molar-refractivity contribution is 5.99. The molecule has 2 aromatic carbocycles. The number of pyridine rings is 1. The highest BCUT2D eigenvalue weighted by Crippen LogP contribution is 2.30. The van der Waals surface area contributed by atoms with Gasteiger partial charge in [-0.05, 0) is 41.5 Å². The van der Waals surface area contributed by atoms with E-state index in [4.69, 9.17) is 14.6 Å². The number of benzene rings is 2. The van der Waals surface area contributed by atoms with Gasteiger partial charge in [-0.1, -0.05) is 18.2 Å². The number of methoxy groups -OCH3 is 2. The van der Waals surface area contributed by atoms with Crippen LogP contribution >= 0.6 is 0 Å². The van der Waals surface area contributed by atoms with Gasteiger partial charge in [-0.25, -0.2) is 9.78 Å². The smallest absolute Gasteiger partial charge is 0.335 e. The lowest BCUT2D eigenvalue weighted by Crippen LogP contribution is -1.99. The van der Waals surface area contributed by atoms with Crippen LogP contribution in [0, 0.1) is 11.3 Å². The zero-order valence-corrected chi connectivity index (χ0v) is 18.1. The third-order valence-corrected chi connectivity index (χ3v) is 5.34. The molecule has 0 atom stereocenters. The minimum atomic E-state index is -1.01. The quantitative estimate of drug-likeness (QED) is 0.413. The third-order valence-electron chi connectivity index (χ3n) is 5.34. The molecule has 1 N–H and O–H groups in total. The zero-order chi connectivity index (χ0) is 23.4. The van der Waals surface area contributed by atoms with Crippen LogP contribution in [0.2, 0.25) is 0 Å². The second kappa shape index (κ2) is 9.28. The van der Waals surface area contributed by atoms with Crippen LogP contribution in [0.4, 0.5) is 0 Å². The summed E-state index contributed by atoms with van der Waals surface area (Å²) in [6, 6.07) is 18.1. The highest BCUT2D eigenvalue weighted by Gasteiger charge is 2.12. The molecule has 0 fully saturated rings. The van der Waals surface area contributed by atoms with Gasteiger partial charge in [-0.2, -0.15) is 5.26 Å². The number of rotatable bonds is 7. The van der Waals surface area contributed by atoms with Gasteiger partial charge >= 0.3 is 5.97 Å². The van der Waals surface area contributed by atoms with Crippen LogP contribution in [0.15, 0.2) is 67.0 Å². The molecule has 0 aliphatic heterocycles. The number of fused-ring (bicyclic) bond motifs is 1. The molecule has 7 nitrogen and oxygen atoms in total. The number of carboxylic acid groups (broad SMARTS) is 1. The van der Waals surface area contributed by atoms with E-state index in [2.05, 4.69) is 15.6 Å². The fourth-order valence-corrected chi connectivity index (χ4v) is 3.62. The fraction of sp³-hybridized carbons (Fsp3) is 0.115. The molecular formula is C26H21N3O4. The molecule has 0 bridgehead atoms. The van der Waals surface area contributed by atoms with E-state index in [1.165, 1.54) is 12.1 Å². The summed E-state index contributed by atoms with van der Waals surface area (Å²) in [6.07, 6.45) is 5.57. The SMILES string of the molecule is COc1ccc2c(C=C(C#N)c3ccc(C(=O)O)cc3)cn(Cc3ccc(OC)nc3)c2c1. The summed E-state index contributed by atoms with van der Waals surface area (Å²) in [7, 11) is 3.20. The van der Waals surface area contributed by atoms with E-state index in [1.807, 2.05) is 42.6 Å². The molecule has 0 saturated heterocycles. The standard InChI is InChI=1S/C26H21N3O4/c1-32-22-8-9-23-21(11-20(13-27)18-4-6-19(7-5-18)26(30)31)16-29(24(23)12-22)15-17-3-10-25(33-2)28-14-17/h3-12,14,16H,15H2,1-2H3,(H,30,31). The third kappa shape index (κ3) is 4.55. The number of ether oxygens (including phenoxy) is 2. The molecule has 7 heteroatoms. The molecule has 0 aliphatic carbocycles. The topological polar surface area (TPSA) is 97.4 Å². The van der Waals surface area contributed by atoms with Crippen molar-refractivity contribution in [3.8, 4) is 17.7 Å². The van der Waals surface area contributed by atoms with Gasteiger partial charge in [-0.3, -0.25) is 0 Å². The van der Waals surface area contributed by atoms with Gasteiger partial charge in [0, 0.05) is 42.0 Å². The second-order valence-corrected chi connectivity index (χ2v) is 7.36. The lowest BCUT2D eigenvalue weighted by atomic mass is 10.0. The van der Waals surface area contributed by atoms with Crippen LogP contribution in [0.1, 0.15) is 27.0 Å². The van der Waals surface area contributed by atoms with Crippen LogP contribution in [-0.2, 0) is 6.54 Å². The lowest BCUT2D eigenvalue weighted by Gasteiger charge is -2.07. The van der Waals surface area contributed by atoms with E-state index in [0.717, 1.165) is 27.8 Å². The molecule has 2 heterocycles. The number of aromatic carboxylic acids is 1. The monoisotopic (exact) mass is 439 g/mol. The van der Waals surface area contributed by atoms with Gasteiger partial charge in [0.05, 0.1) is 36.9 Å². The highest BCUT2D eigenvalue weighted by atomic mass is 16.5. The van der Waals surface area contributed by atoms with Crippen LogP contribution in [-0.4, -0.2) is 34.8 Å². The predicted molar refractivity (Wildman–Crippen MR) is 125 cm³/mol. The van der Waals surface area contributed by atoms with Crippen molar-refractivity contribution in [3.05, 3.63) is 89.2 Å². The first-order valence-corrected chi connectivity index (χ1v) is 10.1. The maximum absolute atomic E-state index is 11.1. The Morgan fingerprint density at radius 2 is 1.85 bits per heavy atom. The Morgan fingerprint density at radius 1 is 1.09 bits per heavy atom. The molecule has 0 saturated carbocycles. The number of allylic oxidation sites excluding steroid dienone is 1. The molecule has 0 amide bonds. The summed E-state index contributed by atoms with van der Waals surface area (Å²) in [5.41, 5.74) is 4.08. The van der Waals surface area contributed by atoms with Crippen LogP contribution in [0.25, 0.3) is 22.6 Å². The fourth-order valence-electron chi connectivity index (χ4n) is 3.62. The predicted octanol–water partition coefficient (Wildman–Crippen LogP) is 4.86. The van der Waals surface area contributed by atoms with Crippen molar-refractivity contribution >= 4 is 28.5 Å². The number of hydrogen-bond acceptors (Lipinski definition) is 5. The van der Waals surface area contributed by atoms with Crippen LogP contribution in [0.3, 0.4) is 0 Å². The average Bonchev–Trinajstić information content (AvgIpc) is 3.19. The molecule has 0 aliphatic rings. The minimum absolute atomic E-state index is 0.174. The Bertz CT molecular complexity index is 1380. The van der Waals surface area contributed by atoms with Crippen LogP contribution in [0.5, 0.6) is 11.6 Å². The van der Waals surface area contributed by atoms with Gasteiger partial charge in [0.2, 0.25) is 5.88 Å². The second-order valence-electron chi connectivity index (χ2n) is 7.36. The van der Waals surface area contributed by atoms with E-state index in [0.29, 0.717) is 23.6 Å². The number of hydrogen-bond donors (Lipinski definition) is 1. The summed E-state index contributed by atoms with van der Waals surface area (Å²) < 4.78 is 12.6. The molecule has 4 rings (SSSR count). The van der Waals surface area contributed by atoms with Crippen molar-refractivity contribution in [2.24, 2.45) is 0 Å². The van der Waals surface area contributed by atoms with E-state index >= 15 is 0 Å². The van der Waals surface area contributed by atoms with Gasteiger partial charge in [0.15, 0.2) is 0 Å². The largest absolute Gasteiger partial charge is 0.497 e. The van der Waals surface area contributed by atoms with E-state index in [-0.39, 0.29) is 5.56 Å². The molecular weight excluding hydrogens is 418 g/mol. The van der Waals surface area contributed by atoms with E-state index < -0.39 is 5.97 Å². The normalized spacial score (nSPS) is 11.2. The van der Waals surface area contributed by atoms with Gasteiger partial charge in [0.25, 0.3) is 0 Å². The average molecular weight is 439 g/mol. The Labute approximate surface area is 190 Å². The van der Waals surface area contributed by atoms with Crippen molar-refractivity contribution in [3.63, 3.8) is 0 Å². The van der Waals surface area contributed by atoms with Crippen molar-refractivity contribution in [2.45, 2.75) is 6.54 Å². The maximum atomic E-state index is 11.1. The van der Waals surface area contributed by atoms with Gasteiger partial charge in [-0.15, -0.1) is 0 Å². The van der Waals surface area contributed by atoms with Crippen molar-refractivity contribution in [1.82, 2.24) is 9.55 Å². The summed E-state index contributed by atoms with van der Waals surface area (Å²) in [4.78, 5) is 15.4. The van der Waals surface area contributed by atoms with Crippen LogP contribution < -0.4 is 9.47 Å². The summed E-state index contributed by atoms with van der Waals surface area (Å²) in [5.74, 6) is 0.276. The summed E-state index contributed by atoms with van der Waals surface area (Å²) in [5, 5.41) is 19.9. The molecule has 2 aromatic heterocycles. The molecule has 0 radical (unpaired) electrons. The van der Waals surface area contributed by atoms with Gasteiger partial charge in [0.1, 0.15) is 5.75 Å². The van der Waals surface area contributed by atoms with Gasteiger partial charge < -0.3 is 19.1 Å². The lowest BCUT2D eigenvalue weighted by molar-refractivity contribution is 0.0697. The minimum Gasteiger partial charge on any atom is -0.497 e. The Hall–Kier alpha value is -4.57. The molecule has 164 valence electrons. The van der Waals surface area contributed by atoms with Crippen molar-refractivity contribution < 1.29 is 19.4 Å². The molecule has 0 spiro atoms. The summed E-state index contributed by atoms with van der Waals surface area (Å²) >= 11 is 0. The molecule has 0 unspecified atom stereocenters. The Kier molecular flexibility index (Phi) is 6.09. The first-order chi connectivity index (χ1) is 16.0. The molecule has 4 aromatic rings. The van der Waals surface area contributed by atoms with E-state index in [9.17, 15) is 10.1 Å². The van der Waals surface area contributed by atoms with Crippen molar-refractivity contribution in [1.29, 1.82) is 5.26 Å². The number of aromatic nitrogens is 2. The number of carboxylic acids is 1. The number of carbonyl (C=O) groups is 1. The Balaban J connectivity index is 1.77. The van der Waals surface area contributed by atoms with Crippen molar-refractivity contribution in [2.75, 3.05) is 14.2 Å². The number of nitriles is 1. The van der Waals surface area contributed by atoms with E-state index in [1.54, 1.807) is 32.5 Å². The zero-order valence-electron chi connectivity index (χ0n) is 18.1. The first-order valence-electron chi connectivity index (χ1n) is 10.1. The number of nitrogens with zero attached hydrogens (tertiary/aromatic N) is 3. The Morgan fingerprint density at radius 3 is 2.45 bits per heavy atom. The maximum Gasteiger partial charge on any atom is 0.335 e. The first kappa shape index (κ1) is 21.7. The summed E-state index contributed by atoms with van der Waals surface area (Å²) in [6.45, 7) is 0.573. The molecule has 33 heavy (non-hydrogen) atoms.